The number of amides is 2. The molecule has 0 unspecified atom stereocenters. The van der Waals surface area contributed by atoms with E-state index in [0.717, 1.165) is 24.8 Å². The van der Waals surface area contributed by atoms with Crippen molar-refractivity contribution in [1.29, 1.82) is 0 Å². The maximum atomic E-state index is 14.7. The molecule has 258 valence electrons. The molecule has 48 heavy (non-hydrogen) atoms. The lowest BCUT2D eigenvalue weighted by Gasteiger charge is -2.47. The van der Waals surface area contributed by atoms with Gasteiger partial charge in [-0.1, -0.05) is 53.7 Å². The molecule has 0 radical (unpaired) electrons. The Labute approximate surface area is 279 Å². The van der Waals surface area contributed by atoms with Crippen molar-refractivity contribution in [2.24, 2.45) is 26.8 Å². The summed E-state index contributed by atoms with van der Waals surface area (Å²) in [7, 11) is 0. The van der Waals surface area contributed by atoms with Crippen LogP contribution < -0.4 is 31.3 Å². The number of ether oxygens (including phenoxy) is 2. The van der Waals surface area contributed by atoms with Gasteiger partial charge in [0, 0.05) is 11.1 Å². The van der Waals surface area contributed by atoms with E-state index in [0.29, 0.717) is 42.1 Å². The number of rotatable bonds is 8. The minimum Gasteiger partial charge on any atom is -0.395 e. The molecule has 0 saturated heterocycles. The summed E-state index contributed by atoms with van der Waals surface area (Å²) >= 11 is 0. The minimum atomic E-state index is -3.77. The first-order valence-electron chi connectivity index (χ1n) is 16.6. The molecule has 0 bridgehead atoms. The fraction of sp³-hybridized carbons (Fsp3) is 0.543. The van der Waals surface area contributed by atoms with Crippen molar-refractivity contribution < 1.29 is 27.8 Å². The number of fused-ring (bicyclic) bond motifs is 1. The minimum absolute atomic E-state index is 0.00907. The largest absolute Gasteiger partial charge is 0.586 e. The molecule has 3 heterocycles. The van der Waals surface area contributed by atoms with Crippen molar-refractivity contribution in [1.82, 2.24) is 26.7 Å². The molecule has 11 nitrogen and oxygen atoms in total. The lowest BCUT2D eigenvalue weighted by molar-refractivity contribution is -0.286. The standard InChI is InChI=1S/C35H45F2N7O4/c1-32(2,3)16-15-25(21-7-9-22(10-8-21)30(45)38-20-28-40-42-43-41-28)44-31(46)29(23-11-12-26-27(19-23)48-35(36,37)47-26)39-34(44)17-13-24(14-18-34)33(4,5)6/h7-12,19,24-25,42-43H,13-18,20H2,1-6H3,(H,38,45)(H,40,41)/t24?,25-,34?/m1/s1. The second-order valence-electron chi connectivity index (χ2n) is 15.4. The maximum Gasteiger partial charge on any atom is 0.586 e. The summed E-state index contributed by atoms with van der Waals surface area (Å²) in [5, 5.41) is 6.82. The summed E-state index contributed by atoms with van der Waals surface area (Å²) in [4.78, 5) is 34.8. The van der Waals surface area contributed by atoms with Gasteiger partial charge in [-0.3, -0.25) is 20.0 Å². The fourth-order valence-electron chi connectivity index (χ4n) is 7.07. The lowest BCUT2D eigenvalue weighted by atomic mass is 9.69. The summed E-state index contributed by atoms with van der Waals surface area (Å²) in [6, 6.07) is 11.5. The van der Waals surface area contributed by atoms with Crippen LogP contribution in [0.3, 0.4) is 0 Å². The third-order valence-electron chi connectivity index (χ3n) is 9.78. The van der Waals surface area contributed by atoms with Gasteiger partial charge in [-0.25, -0.2) is 5.53 Å². The van der Waals surface area contributed by atoms with Crippen molar-refractivity contribution in [3.63, 3.8) is 0 Å². The number of hydrogen-bond acceptors (Lipinski definition) is 9. The fourth-order valence-corrected chi connectivity index (χ4v) is 7.07. The number of hydrogen-bond donors (Lipinski definition) is 4. The molecule has 1 saturated carbocycles. The Balaban J connectivity index is 1.34. The normalized spacial score (nSPS) is 23.8. The van der Waals surface area contributed by atoms with Crippen LogP contribution in [0.5, 0.6) is 11.5 Å². The summed E-state index contributed by atoms with van der Waals surface area (Å²) in [6.07, 6.45) is 0.893. The van der Waals surface area contributed by atoms with Gasteiger partial charge in [0.25, 0.3) is 11.8 Å². The zero-order valence-corrected chi connectivity index (χ0v) is 28.4. The van der Waals surface area contributed by atoms with E-state index in [-0.39, 0.29) is 52.4 Å². The Morgan fingerprint density at radius 2 is 1.73 bits per heavy atom. The third-order valence-corrected chi connectivity index (χ3v) is 9.78. The Kier molecular flexibility index (Phi) is 8.63. The highest BCUT2D eigenvalue weighted by molar-refractivity contribution is 6.47. The molecular formula is C35H45F2N7O4. The van der Waals surface area contributed by atoms with Crippen LogP contribution in [0, 0.1) is 16.7 Å². The van der Waals surface area contributed by atoms with Crippen molar-refractivity contribution in [3.05, 3.63) is 59.2 Å². The molecule has 2 aromatic carbocycles. The average molecular weight is 666 g/mol. The molecule has 13 heteroatoms. The van der Waals surface area contributed by atoms with Gasteiger partial charge in [0.15, 0.2) is 17.3 Å². The number of hydrazone groups is 1. The molecule has 6 rings (SSSR count). The summed E-state index contributed by atoms with van der Waals surface area (Å²) in [6.45, 7) is 13.5. The van der Waals surface area contributed by atoms with Crippen molar-refractivity contribution in [3.8, 4) is 11.5 Å². The van der Waals surface area contributed by atoms with E-state index >= 15 is 0 Å². The SMILES string of the molecule is CC(C)(C)CC[C@H](c1ccc(C(=O)NCC2=NNNN2)cc1)N1C(=O)C(c2ccc3c(c2)OC(F)(F)O3)=NC12CCC(C(C)(C)C)CC2. The van der Waals surface area contributed by atoms with Crippen molar-refractivity contribution in [2.45, 2.75) is 98.1 Å². The number of carbonyl (C=O) groups is 2. The van der Waals surface area contributed by atoms with Crippen LogP contribution in [0.25, 0.3) is 0 Å². The van der Waals surface area contributed by atoms with Crippen molar-refractivity contribution in [2.75, 3.05) is 6.54 Å². The number of nitrogens with zero attached hydrogens (tertiary/aromatic N) is 3. The first kappa shape index (κ1) is 33.6. The summed E-state index contributed by atoms with van der Waals surface area (Å²) < 4.78 is 37.1. The van der Waals surface area contributed by atoms with Gasteiger partial charge in [0.1, 0.15) is 11.4 Å². The smallest absolute Gasteiger partial charge is 0.395 e. The molecule has 3 aliphatic heterocycles. The Morgan fingerprint density at radius 1 is 1.04 bits per heavy atom. The number of hydrazine groups is 2. The van der Waals surface area contributed by atoms with Crippen LogP contribution in [0.2, 0.25) is 0 Å². The van der Waals surface area contributed by atoms with Gasteiger partial charge in [-0.2, -0.15) is 0 Å². The van der Waals surface area contributed by atoms with E-state index in [4.69, 9.17) is 9.73 Å². The Hall–Kier alpha value is -4.26. The molecule has 1 aliphatic carbocycles. The monoisotopic (exact) mass is 665 g/mol. The van der Waals surface area contributed by atoms with E-state index in [9.17, 15) is 18.4 Å². The van der Waals surface area contributed by atoms with Crippen LogP contribution in [0.4, 0.5) is 8.78 Å². The summed E-state index contributed by atoms with van der Waals surface area (Å²) in [5.74, 6) is 0.307. The van der Waals surface area contributed by atoms with Crippen LogP contribution in [-0.2, 0) is 4.79 Å². The van der Waals surface area contributed by atoms with E-state index in [1.54, 1.807) is 18.2 Å². The average Bonchev–Trinajstić information content (AvgIpc) is 3.71. The van der Waals surface area contributed by atoms with Crippen LogP contribution >= 0.6 is 0 Å². The van der Waals surface area contributed by atoms with E-state index in [2.05, 4.69) is 73.2 Å². The van der Waals surface area contributed by atoms with Crippen LogP contribution in [-0.4, -0.2) is 46.8 Å². The molecule has 2 aromatic rings. The number of halogens is 2. The maximum absolute atomic E-state index is 14.7. The summed E-state index contributed by atoms with van der Waals surface area (Å²) in [5.41, 5.74) is 9.32. The van der Waals surface area contributed by atoms with Crippen LogP contribution in [0.15, 0.2) is 52.6 Å². The van der Waals surface area contributed by atoms with Crippen LogP contribution in [0.1, 0.15) is 108 Å². The molecule has 4 aliphatic rings. The molecule has 0 aromatic heterocycles. The molecular weight excluding hydrogens is 620 g/mol. The number of carbonyl (C=O) groups excluding carboxylic acids is 2. The van der Waals surface area contributed by atoms with E-state index < -0.39 is 12.0 Å². The highest BCUT2D eigenvalue weighted by Gasteiger charge is 2.53. The number of nitrogens with one attached hydrogen (secondary N) is 4. The zero-order valence-electron chi connectivity index (χ0n) is 28.4. The third kappa shape index (κ3) is 6.96. The topological polar surface area (TPSA) is 129 Å². The van der Waals surface area contributed by atoms with Gasteiger partial charge in [0.2, 0.25) is 0 Å². The lowest BCUT2D eigenvalue weighted by Crippen LogP contribution is -2.51. The molecule has 1 spiro atoms. The van der Waals surface area contributed by atoms with Gasteiger partial charge in [0.05, 0.1) is 12.6 Å². The molecule has 4 N–H and O–H groups in total. The van der Waals surface area contributed by atoms with Crippen molar-refractivity contribution >= 4 is 23.4 Å². The molecule has 1 atom stereocenters. The number of benzene rings is 2. The Morgan fingerprint density at radius 3 is 2.35 bits per heavy atom. The predicted molar refractivity (Wildman–Crippen MR) is 177 cm³/mol. The quantitative estimate of drug-likeness (QED) is 0.281. The van der Waals surface area contributed by atoms with E-state index in [1.165, 1.54) is 12.1 Å². The predicted octanol–water partition coefficient (Wildman–Crippen LogP) is 5.80. The van der Waals surface area contributed by atoms with Gasteiger partial charge in [-0.15, -0.1) is 19.4 Å². The highest BCUT2D eigenvalue weighted by atomic mass is 19.3. The second kappa shape index (κ2) is 12.3. The number of amidine groups is 1. The highest BCUT2D eigenvalue weighted by Crippen LogP contribution is 2.51. The Bertz CT molecular complexity index is 1620. The number of alkyl halides is 2. The van der Waals surface area contributed by atoms with E-state index in [1.807, 2.05) is 17.0 Å². The first-order chi connectivity index (χ1) is 22.5. The van der Waals surface area contributed by atoms with Gasteiger partial charge in [-0.05, 0) is 91.2 Å². The number of aliphatic imine (C=N–C) groups is 1. The molecule has 1 fully saturated rings. The van der Waals surface area contributed by atoms with Gasteiger partial charge >= 0.3 is 6.29 Å². The molecule has 2 amide bonds. The second-order valence-corrected chi connectivity index (χ2v) is 15.4. The first-order valence-corrected chi connectivity index (χ1v) is 16.6. The zero-order chi connectivity index (χ0) is 34.5. The van der Waals surface area contributed by atoms with Gasteiger partial charge < -0.3 is 19.7 Å².